The van der Waals surface area contributed by atoms with Gasteiger partial charge in [-0.1, -0.05) is 0 Å². The predicted molar refractivity (Wildman–Crippen MR) is 93.0 cm³/mol. The monoisotopic (exact) mass is 542 g/mol. The molecule has 0 aliphatic carbocycles. The zero-order valence-electron chi connectivity index (χ0n) is 15.5. The van der Waals surface area contributed by atoms with Crippen LogP contribution in [-0.2, 0) is 29.6 Å². The Bertz CT molecular complexity index is 649. The molecular formula is C18H25IrN2O5-. The molecule has 8 heteroatoms. The minimum atomic E-state index is -0.944. The molecule has 1 aromatic heterocycles. The van der Waals surface area contributed by atoms with E-state index in [0.29, 0.717) is 0 Å². The van der Waals surface area contributed by atoms with E-state index in [9.17, 15) is 0 Å². The number of ether oxygens (including phenoxy) is 3. The summed E-state index contributed by atoms with van der Waals surface area (Å²) in [6.07, 6.45) is -0.0530. The summed E-state index contributed by atoms with van der Waals surface area (Å²) in [5.41, 5.74) is 3.59. The molecule has 0 saturated heterocycles. The molecule has 1 heterocycles. The smallest absolute Gasteiger partial charge is 0.158 e. The average Bonchev–Trinajstić information content (AvgIpc) is 2.62. The van der Waals surface area contributed by atoms with Gasteiger partial charge in [0.25, 0.3) is 0 Å². The number of aliphatic hydroxyl groups is 2. The van der Waals surface area contributed by atoms with Crippen LogP contribution in [-0.4, -0.2) is 54.1 Å². The molecule has 2 N–H and O–H groups in total. The molecule has 26 heavy (non-hydrogen) atoms. The van der Waals surface area contributed by atoms with Crippen LogP contribution in [0.4, 0.5) is 0 Å². The van der Waals surface area contributed by atoms with E-state index in [1.165, 1.54) is 14.2 Å². The van der Waals surface area contributed by atoms with Crippen LogP contribution in [0.1, 0.15) is 17.8 Å². The van der Waals surface area contributed by atoms with Gasteiger partial charge < -0.3 is 29.4 Å². The Labute approximate surface area is 167 Å². The third-order valence-corrected chi connectivity index (χ3v) is 3.28. The fourth-order valence-corrected chi connectivity index (χ4v) is 1.94. The second-order valence-corrected chi connectivity index (χ2v) is 5.20. The maximum Gasteiger partial charge on any atom is 0.158 e. The van der Waals surface area contributed by atoms with Gasteiger partial charge in [-0.25, -0.2) is 0 Å². The SMILES string of the molecule is COC(O)CC(O)OC.COc1cc[c-]c(-c2ncc(C)nc2C)c1.[Ir]. The summed E-state index contributed by atoms with van der Waals surface area (Å²) in [5.74, 6) is 0.801. The summed E-state index contributed by atoms with van der Waals surface area (Å²) in [4.78, 5) is 8.76. The van der Waals surface area contributed by atoms with Crippen LogP contribution in [0.25, 0.3) is 11.3 Å². The Morgan fingerprint density at radius 2 is 1.73 bits per heavy atom. The minimum Gasteiger partial charge on any atom is -0.516 e. The number of aromatic nitrogens is 2. The van der Waals surface area contributed by atoms with Crippen molar-refractivity contribution in [2.75, 3.05) is 21.3 Å². The van der Waals surface area contributed by atoms with Gasteiger partial charge in [0.05, 0.1) is 12.8 Å². The van der Waals surface area contributed by atoms with Crippen LogP contribution in [0, 0.1) is 19.9 Å². The van der Waals surface area contributed by atoms with Gasteiger partial charge in [-0.2, -0.15) is 0 Å². The normalized spacial score (nSPS) is 12.3. The Morgan fingerprint density at radius 3 is 2.23 bits per heavy atom. The third kappa shape index (κ3) is 8.31. The topological polar surface area (TPSA) is 93.9 Å². The van der Waals surface area contributed by atoms with Gasteiger partial charge in [0.2, 0.25) is 0 Å². The largest absolute Gasteiger partial charge is 0.516 e. The molecule has 2 atom stereocenters. The first-order valence-electron chi connectivity index (χ1n) is 7.69. The number of rotatable bonds is 6. The Kier molecular flexibility index (Phi) is 12.2. The number of aryl methyl sites for hydroxylation is 2. The van der Waals surface area contributed by atoms with E-state index in [2.05, 4.69) is 25.5 Å². The summed E-state index contributed by atoms with van der Waals surface area (Å²) >= 11 is 0. The van der Waals surface area contributed by atoms with Gasteiger partial charge in [-0.15, -0.1) is 29.8 Å². The van der Waals surface area contributed by atoms with E-state index >= 15 is 0 Å². The van der Waals surface area contributed by atoms with Gasteiger partial charge in [0.1, 0.15) is 0 Å². The maximum absolute atomic E-state index is 8.70. The summed E-state index contributed by atoms with van der Waals surface area (Å²) in [6.45, 7) is 3.88. The van der Waals surface area contributed by atoms with Crippen LogP contribution < -0.4 is 4.74 Å². The van der Waals surface area contributed by atoms with Crippen molar-refractivity contribution in [3.05, 3.63) is 41.9 Å². The molecule has 1 radical (unpaired) electrons. The molecule has 1 aromatic carbocycles. The molecule has 2 rings (SSSR count). The Hall–Kier alpha value is -1.41. The van der Waals surface area contributed by atoms with Crippen LogP contribution in [0.2, 0.25) is 0 Å². The van der Waals surface area contributed by atoms with Crippen molar-refractivity contribution in [3.8, 4) is 17.0 Å². The molecule has 2 unspecified atom stereocenters. The fraction of sp³-hybridized carbons (Fsp3) is 0.444. The van der Waals surface area contributed by atoms with Gasteiger partial charge in [-0.3, -0.25) is 4.98 Å². The summed E-state index contributed by atoms with van der Waals surface area (Å²) in [5, 5.41) is 17.4. The van der Waals surface area contributed by atoms with Crippen molar-refractivity contribution in [1.29, 1.82) is 0 Å². The molecule has 147 valence electrons. The predicted octanol–water partition coefficient (Wildman–Crippen LogP) is 1.87. The number of aliphatic hydroxyl groups excluding tert-OH is 2. The fourth-order valence-electron chi connectivity index (χ4n) is 1.94. The molecule has 0 bridgehead atoms. The van der Waals surface area contributed by atoms with E-state index < -0.39 is 12.6 Å². The standard InChI is InChI=1S/C13H13N2O.C5H12O4.Ir/c1-9-8-14-13(10(2)15-9)11-5-4-6-12(7-11)16-3;1-8-4(6)3-5(7)9-2;/h4,6-8H,1-3H3;4-7H,3H2,1-2H3;/q-1;;. The molecular weight excluding hydrogens is 516 g/mol. The number of hydrogen-bond donors (Lipinski definition) is 2. The molecule has 0 spiro atoms. The molecule has 0 amide bonds. The van der Waals surface area contributed by atoms with Gasteiger partial charge in [0, 0.05) is 64.1 Å². The molecule has 0 aliphatic rings. The van der Waals surface area contributed by atoms with Gasteiger partial charge in [-0.05, 0) is 13.8 Å². The van der Waals surface area contributed by atoms with Crippen LogP contribution in [0.3, 0.4) is 0 Å². The number of hydrogen-bond acceptors (Lipinski definition) is 7. The van der Waals surface area contributed by atoms with E-state index in [-0.39, 0.29) is 26.5 Å². The number of nitrogens with zero attached hydrogens (tertiary/aromatic N) is 2. The second-order valence-electron chi connectivity index (χ2n) is 5.20. The van der Waals surface area contributed by atoms with Gasteiger partial charge >= 0.3 is 0 Å². The summed E-state index contributed by atoms with van der Waals surface area (Å²) in [6, 6.07) is 8.74. The van der Waals surface area contributed by atoms with E-state index in [1.54, 1.807) is 13.3 Å². The number of benzene rings is 1. The zero-order valence-corrected chi connectivity index (χ0v) is 17.9. The van der Waals surface area contributed by atoms with E-state index in [1.807, 2.05) is 32.0 Å². The first-order valence-corrected chi connectivity index (χ1v) is 7.69. The Morgan fingerprint density at radius 1 is 1.12 bits per heavy atom. The van der Waals surface area contributed by atoms with Crippen molar-refractivity contribution in [3.63, 3.8) is 0 Å². The van der Waals surface area contributed by atoms with Crippen molar-refractivity contribution in [2.24, 2.45) is 0 Å². The maximum atomic E-state index is 8.70. The number of methoxy groups -OCH3 is 3. The minimum absolute atomic E-state index is 0. The summed E-state index contributed by atoms with van der Waals surface area (Å²) in [7, 11) is 4.35. The quantitative estimate of drug-likeness (QED) is 0.426. The van der Waals surface area contributed by atoms with Crippen LogP contribution in [0.5, 0.6) is 5.75 Å². The van der Waals surface area contributed by atoms with Crippen molar-refractivity contribution < 1.29 is 44.5 Å². The van der Waals surface area contributed by atoms with Crippen LogP contribution >= 0.6 is 0 Å². The zero-order chi connectivity index (χ0) is 18.8. The van der Waals surface area contributed by atoms with Gasteiger partial charge in [0.15, 0.2) is 12.6 Å². The van der Waals surface area contributed by atoms with Crippen LogP contribution in [0.15, 0.2) is 24.4 Å². The molecule has 2 aromatic rings. The molecule has 0 aliphatic heterocycles. The average molecular weight is 542 g/mol. The second kappa shape index (κ2) is 12.9. The summed E-state index contributed by atoms with van der Waals surface area (Å²) < 4.78 is 14.0. The first-order chi connectivity index (χ1) is 11.9. The van der Waals surface area contributed by atoms with Crippen molar-refractivity contribution in [1.82, 2.24) is 9.97 Å². The molecule has 7 nitrogen and oxygen atoms in total. The van der Waals surface area contributed by atoms with Crippen molar-refractivity contribution >= 4 is 0 Å². The first kappa shape index (κ1) is 24.6. The van der Waals surface area contributed by atoms with E-state index in [4.69, 9.17) is 14.9 Å². The molecule has 0 fully saturated rings. The van der Waals surface area contributed by atoms with Crippen molar-refractivity contribution in [2.45, 2.75) is 32.8 Å². The third-order valence-electron chi connectivity index (χ3n) is 3.28. The molecule has 0 saturated carbocycles. The van der Waals surface area contributed by atoms with E-state index in [0.717, 1.165) is 28.4 Å². The Balaban J connectivity index is 0.000000543.